The van der Waals surface area contributed by atoms with Crippen molar-refractivity contribution in [2.45, 2.75) is 44.6 Å². The van der Waals surface area contributed by atoms with Gasteiger partial charge in [-0.25, -0.2) is 25.2 Å². The van der Waals surface area contributed by atoms with Gasteiger partial charge in [0.1, 0.15) is 0 Å². The fourth-order valence-corrected chi connectivity index (χ4v) is 1.54. The fourth-order valence-electron chi connectivity index (χ4n) is 1.54. The van der Waals surface area contributed by atoms with E-state index in [1.165, 1.54) is 19.3 Å². The molecule has 1 fully saturated rings. The van der Waals surface area contributed by atoms with Crippen molar-refractivity contribution < 1.29 is 14.4 Å². The number of nitrogens with zero attached hydrogens (tertiary/aromatic N) is 1. The van der Waals surface area contributed by atoms with Gasteiger partial charge in [0.05, 0.1) is 5.54 Å². The summed E-state index contributed by atoms with van der Waals surface area (Å²) in [6.45, 7) is 2.04. The van der Waals surface area contributed by atoms with Crippen molar-refractivity contribution in [1.29, 1.82) is 10.8 Å². The molecule has 16 heavy (non-hydrogen) atoms. The SMILES string of the molecule is CC1(N=C=O)CCCCC1.N=C=O.N=C=O. The maximum absolute atomic E-state index is 9.99. The third-order valence-corrected chi connectivity index (χ3v) is 2.25. The third kappa shape index (κ3) is 10.2. The Morgan fingerprint density at radius 2 is 1.38 bits per heavy atom. The van der Waals surface area contributed by atoms with Crippen LogP contribution in [-0.4, -0.2) is 23.8 Å². The van der Waals surface area contributed by atoms with E-state index < -0.39 is 0 Å². The molecule has 0 spiro atoms. The molecule has 6 nitrogen and oxygen atoms in total. The molecular formula is C10H15N3O3. The molecule has 1 aliphatic rings. The number of carbonyl (C=O) groups excluding carboxylic acids is 3. The van der Waals surface area contributed by atoms with Gasteiger partial charge in [0, 0.05) is 0 Å². The number of isocyanates is 3. The minimum atomic E-state index is -0.0694. The molecule has 0 heterocycles. The summed E-state index contributed by atoms with van der Waals surface area (Å²) in [5, 5.41) is 10.8. The first-order valence-corrected chi connectivity index (χ1v) is 4.77. The highest BCUT2D eigenvalue weighted by atomic mass is 16.1. The maximum atomic E-state index is 9.99. The van der Waals surface area contributed by atoms with Crippen LogP contribution in [0.1, 0.15) is 39.0 Å². The average molecular weight is 225 g/mol. The van der Waals surface area contributed by atoms with Crippen molar-refractivity contribution in [1.82, 2.24) is 0 Å². The summed E-state index contributed by atoms with van der Waals surface area (Å²) >= 11 is 0. The molecule has 1 aliphatic carbocycles. The van der Waals surface area contributed by atoms with Gasteiger partial charge in [-0.05, 0) is 19.8 Å². The first-order valence-electron chi connectivity index (χ1n) is 4.77. The third-order valence-electron chi connectivity index (χ3n) is 2.25. The molecule has 0 aliphatic heterocycles. The fraction of sp³-hybridized carbons (Fsp3) is 0.700. The van der Waals surface area contributed by atoms with Crippen molar-refractivity contribution in [3.05, 3.63) is 0 Å². The van der Waals surface area contributed by atoms with Crippen LogP contribution in [0.25, 0.3) is 0 Å². The lowest BCUT2D eigenvalue weighted by molar-refractivity contribution is 0.323. The molecular weight excluding hydrogens is 210 g/mol. The molecule has 2 N–H and O–H groups in total. The Morgan fingerprint density at radius 1 is 1.00 bits per heavy atom. The number of rotatable bonds is 1. The van der Waals surface area contributed by atoms with Crippen LogP contribution in [0.15, 0.2) is 4.99 Å². The van der Waals surface area contributed by atoms with Gasteiger partial charge in [0.25, 0.3) is 0 Å². The van der Waals surface area contributed by atoms with Gasteiger partial charge < -0.3 is 0 Å². The molecule has 1 rings (SSSR count). The number of hydrogen-bond acceptors (Lipinski definition) is 6. The van der Waals surface area contributed by atoms with Gasteiger partial charge in [0.2, 0.25) is 18.2 Å². The second kappa shape index (κ2) is 11.2. The summed E-state index contributed by atoms with van der Waals surface area (Å²) in [7, 11) is 0. The van der Waals surface area contributed by atoms with Crippen molar-refractivity contribution in [2.24, 2.45) is 4.99 Å². The number of hydrogen-bond donors (Lipinski definition) is 2. The highest BCUT2D eigenvalue weighted by molar-refractivity contribution is 5.34. The second-order valence-corrected chi connectivity index (χ2v) is 3.46. The summed E-state index contributed by atoms with van der Waals surface area (Å²) in [6.07, 6.45) is 8.98. The van der Waals surface area contributed by atoms with E-state index in [1.807, 2.05) is 6.92 Å². The largest absolute Gasteiger partial charge is 0.235 e. The van der Waals surface area contributed by atoms with Gasteiger partial charge in [-0.3, -0.25) is 0 Å². The van der Waals surface area contributed by atoms with Gasteiger partial charge in [0.15, 0.2) is 0 Å². The Kier molecular flexibility index (Phi) is 11.6. The topological polar surface area (TPSA) is 111 Å². The quantitative estimate of drug-likeness (QED) is 0.524. The van der Waals surface area contributed by atoms with E-state index in [4.69, 9.17) is 20.4 Å². The highest BCUT2D eigenvalue weighted by Gasteiger charge is 2.25. The molecule has 1 saturated carbocycles. The van der Waals surface area contributed by atoms with E-state index in [2.05, 4.69) is 4.99 Å². The molecule has 0 saturated heterocycles. The van der Waals surface area contributed by atoms with Crippen LogP contribution in [0.2, 0.25) is 0 Å². The van der Waals surface area contributed by atoms with Crippen LogP contribution < -0.4 is 0 Å². The van der Waals surface area contributed by atoms with E-state index in [0.29, 0.717) is 0 Å². The zero-order chi connectivity index (χ0) is 12.9. The lowest BCUT2D eigenvalue weighted by atomic mass is 9.84. The molecule has 0 amide bonds. The second-order valence-electron chi connectivity index (χ2n) is 3.46. The zero-order valence-electron chi connectivity index (χ0n) is 9.21. The molecule has 0 unspecified atom stereocenters. The lowest BCUT2D eigenvalue weighted by Crippen LogP contribution is -2.24. The summed E-state index contributed by atoms with van der Waals surface area (Å²) < 4.78 is 0. The Labute approximate surface area is 93.8 Å². The van der Waals surface area contributed by atoms with E-state index in [9.17, 15) is 4.79 Å². The maximum Gasteiger partial charge on any atom is 0.235 e. The predicted molar refractivity (Wildman–Crippen MR) is 56.4 cm³/mol. The lowest BCUT2D eigenvalue weighted by Gasteiger charge is -2.27. The first-order chi connectivity index (χ1) is 7.60. The molecule has 0 aromatic carbocycles. The van der Waals surface area contributed by atoms with Crippen LogP contribution in [0.4, 0.5) is 0 Å². The molecule has 0 aromatic heterocycles. The van der Waals surface area contributed by atoms with Crippen LogP contribution >= 0.6 is 0 Å². The molecule has 88 valence electrons. The normalized spacial score (nSPS) is 15.6. The Bertz CT molecular complexity index is 278. The van der Waals surface area contributed by atoms with Gasteiger partial charge in [-0.1, -0.05) is 19.3 Å². The van der Waals surface area contributed by atoms with Gasteiger partial charge in [-0.2, -0.15) is 4.99 Å². The van der Waals surface area contributed by atoms with Gasteiger partial charge in [-0.15, -0.1) is 0 Å². The summed E-state index contributed by atoms with van der Waals surface area (Å²) in [5.41, 5.74) is -0.0694. The summed E-state index contributed by atoms with van der Waals surface area (Å²) in [5.74, 6) is 0. The van der Waals surface area contributed by atoms with Crippen molar-refractivity contribution in [3.63, 3.8) is 0 Å². The number of aliphatic imine (C=N–C) groups is 1. The highest BCUT2D eigenvalue weighted by Crippen LogP contribution is 2.30. The van der Waals surface area contributed by atoms with Gasteiger partial charge >= 0.3 is 0 Å². The Morgan fingerprint density at radius 3 is 1.69 bits per heavy atom. The standard InChI is InChI=1S/C8H13NO.2CHNO/c1-8(9-7-10)5-3-2-4-6-8;2*2-1-3/h2-6H2,1H3;2*2H. The minimum absolute atomic E-state index is 0.0694. The van der Waals surface area contributed by atoms with E-state index in [1.54, 1.807) is 6.08 Å². The Balaban J connectivity index is 0. The molecule has 0 aromatic rings. The summed E-state index contributed by atoms with van der Waals surface area (Å²) in [4.78, 5) is 30.5. The van der Waals surface area contributed by atoms with Crippen molar-refractivity contribution in [3.8, 4) is 0 Å². The molecule has 6 heteroatoms. The number of nitrogens with one attached hydrogen (secondary N) is 2. The Hall–Kier alpha value is -1.86. The van der Waals surface area contributed by atoms with Crippen molar-refractivity contribution in [2.75, 3.05) is 0 Å². The molecule has 0 radical (unpaired) electrons. The smallest absolute Gasteiger partial charge is 0.222 e. The minimum Gasteiger partial charge on any atom is -0.222 e. The van der Waals surface area contributed by atoms with Crippen LogP contribution in [0.3, 0.4) is 0 Å². The molecule has 0 bridgehead atoms. The van der Waals surface area contributed by atoms with E-state index >= 15 is 0 Å². The van der Waals surface area contributed by atoms with Crippen LogP contribution in [0, 0.1) is 10.8 Å². The molecule has 0 atom stereocenters. The predicted octanol–water partition coefficient (Wildman–Crippen LogP) is 1.85. The van der Waals surface area contributed by atoms with E-state index in [0.717, 1.165) is 25.0 Å². The van der Waals surface area contributed by atoms with Crippen LogP contribution in [0.5, 0.6) is 0 Å². The first kappa shape index (κ1) is 16.6. The van der Waals surface area contributed by atoms with Crippen molar-refractivity contribution >= 4 is 18.2 Å². The van der Waals surface area contributed by atoms with E-state index in [-0.39, 0.29) is 5.54 Å². The van der Waals surface area contributed by atoms with Crippen LogP contribution in [-0.2, 0) is 14.4 Å². The zero-order valence-corrected chi connectivity index (χ0v) is 9.21. The average Bonchev–Trinajstić information content (AvgIpc) is 2.21. The monoisotopic (exact) mass is 225 g/mol. The summed E-state index contributed by atoms with van der Waals surface area (Å²) in [6, 6.07) is 0.